The Labute approximate surface area is 122 Å². The highest BCUT2D eigenvalue weighted by Crippen LogP contribution is 2.31. The van der Waals surface area contributed by atoms with Crippen LogP contribution in [-0.4, -0.2) is 44.3 Å². The minimum absolute atomic E-state index is 0.279. The first kappa shape index (κ1) is 18.0. The lowest BCUT2D eigenvalue weighted by Gasteiger charge is -2.24. The van der Waals surface area contributed by atoms with Crippen molar-refractivity contribution in [2.24, 2.45) is 0 Å². The Morgan fingerprint density at radius 1 is 0.882 bits per heavy atom. The maximum atomic E-state index is 9.24. The first-order chi connectivity index (χ1) is 7.59. The molecule has 0 aliphatic heterocycles. The van der Waals surface area contributed by atoms with E-state index in [4.69, 9.17) is 51.1 Å². The third-order valence-electron chi connectivity index (χ3n) is 2.38. The van der Waals surface area contributed by atoms with Gasteiger partial charge in [0, 0.05) is 26.1 Å². The van der Waals surface area contributed by atoms with Crippen molar-refractivity contribution in [3.05, 3.63) is 0 Å². The van der Waals surface area contributed by atoms with Gasteiger partial charge in [0.25, 0.3) is 0 Å². The molecule has 2 unspecified atom stereocenters. The largest absolute Gasteiger partial charge is 0.390 e. The van der Waals surface area contributed by atoms with Crippen molar-refractivity contribution in [1.29, 1.82) is 0 Å². The quantitative estimate of drug-likeness (QED) is 0.532. The van der Waals surface area contributed by atoms with Gasteiger partial charge < -0.3 is 14.9 Å². The van der Waals surface area contributed by atoms with Gasteiger partial charge in [0.2, 0.25) is 0 Å². The number of halogens is 4. The van der Waals surface area contributed by atoms with E-state index in [2.05, 4.69) is 0 Å². The molecule has 0 heterocycles. The number of ether oxygens (including phenoxy) is 1. The van der Waals surface area contributed by atoms with Gasteiger partial charge in [-0.1, -0.05) is 46.4 Å². The highest BCUT2D eigenvalue weighted by molar-refractivity contribution is 6.49. The second-order valence-electron chi connectivity index (χ2n) is 3.99. The standard InChI is InChI=1S/C10H18Cl4O3/c1-7(15)9(11,12)3-5-17-6-4-10(13,14)8(2)16/h7-8,15-16H,3-6H2,1-2H3. The van der Waals surface area contributed by atoms with Crippen LogP contribution in [0.3, 0.4) is 0 Å². The predicted molar refractivity (Wildman–Crippen MR) is 72.3 cm³/mol. The molecule has 0 aromatic rings. The zero-order chi connectivity index (χ0) is 13.7. The van der Waals surface area contributed by atoms with Crippen LogP contribution in [0.4, 0.5) is 0 Å². The zero-order valence-corrected chi connectivity index (χ0v) is 12.8. The molecule has 0 aliphatic carbocycles. The molecule has 0 saturated carbocycles. The molecule has 3 nitrogen and oxygen atoms in total. The van der Waals surface area contributed by atoms with Gasteiger partial charge >= 0.3 is 0 Å². The third kappa shape index (κ3) is 7.26. The lowest BCUT2D eigenvalue weighted by Crippen LogP contribution is -2.31. The van der Waals surface area contributed by atoms with Gasteiger partial charge in [-0.2, -0.15) is 0 Å². The lowest BCUT2D eigenvalue weighted by molar-refractivity contribution is 0.0908. The van der Waals surface area contributed by atoms with Crippen molar-refractivity contribution in [2.45, 2.75) is 47.6 Å². The molecule has 0 radical (unpaired) electrons. The molecule has 2 atom stereocenters. The second kappa shape index (κ2) is 7.59. The zero-order valence-electron chi connectivity index (χ0n) is 9.80. The second-order valence-corrected chi connectivity index (χ2v) is 7.07. The van der Waals surface area contributed by atoms with Crippen molar-refractivity contribution < 1.29 is 14.9 Å². The summed E-state index contributed by atoms with van der Waals surface area (Å²) in [6.45, 7) is 3.58. The minimum Gasteiger partial charge on any atom is -0.390 e. The molecule has 7 heteroatoms. The van der Waals surface area contributed by atoms with Crippen LogP contribution >= 0.6 is 46.4 Å². The summed E-state index contributed by atoms with van der Waals surface area (Å²) < 4.78 is 2.81. The first-order valence-electron chi connectivity index (χ1n) is 5.29. The van der Waals surface area contributed by atoms with E-state index in [9.17, 15) is 10.2 Å². The summed E-state index contributed by atoms with van der Waals surface area (Å²) in [5.41, 5.74) is 0. The van der Waals surface area contributed by atoms with E-state index in [0.29, 0.717) is 12.8 Å². The molecule has 2 N–H and O–H groups in total. The molecular formula is C10H18Cl4O3. The molecule has 0 aromatic heterocycles. The SMILES string of the molecule is CC(O)C(Cl)(Cl)CCOCCC(Cl)(Cl)C(C)O. The normalized spacial score (nSPS) is 16.9. The summed E-state index contributed by atoms with van der Waals surface area (Å²) in [6.07, 6.45) is -1.10. The molecule has 0 aliphatic rings. The van der Waals surface area contributed by atoms with E-state index in [-0.39, 0.29) is 13.2 Å². The fourth-order valence-corrected chi connectivity index (χ4v) is 1.24. The molecule has 17 heavy (non-hydrogen) atoms. The van der Waals surface area contributed by atoms with E-state index >= 15 is 0 Å². The van der Waals surface area contributed by atoms with Crippen molar-refractivity contribution >= 4 is 46.4 Å². The van der Waals surface area contributed by atoms with Crippen molar-refractivity contribution in [3.8, 4) is 0 Å². The van der Waals surface area contributed by atoms with Gasteiger partial charge in [-0.05, 0) is 13.8 Å². The van der Waals surface area contributed by atoms with Crippen LogP contribution in [-0.2, 0) is 4.74 Å². The molecule has 0 amide bonds. The van der Waals surface area contributed by atoms with E-state index < -0.39 is 20.9 Å². The summed E-state index contributed by atoms with van der Waals surface area (Å²) in [5, 5.41) is 18.5. The van der Waals surface area contributed by atoms with E-state index in [1.807, 2.05) is 0 Å². The summed E-state index contributed by atoms with van der Waals surface area (Å²) in [4.78, 5) is 0. The summed E-state index contributed by atoms with van der Waals surface area (Å²) in [6, 6.07) is 0. The molecule has 0 saturated heterocycles. The van der Waals surface area contributed by atoms with Gasteiger partial charge in [-0.25, -0.2) is 0 Å². The van der Waals surface area contributed by atoms with Gasteiger partial charge in [0.1, 0.15) is 8.67 Å². The van der Waals surface area contributed by atoms with Crippen molar-refractivity contribution in [3.63, 3.8) is 0 Å². The average Bonchev–Trinajstić information content (AvgIpc) is 2.16. The van der Waals surface area contributed by atoms with Crippen molar-refractivity contribution in [1.82, 2.24) is 0 Å². The Morgan fingerprint density at radius 2 is 1.18 bits per heavy atom. The minimum atomic E-state index is -1.22. The monoisotopic (exact) mass is 326 g/mol. The van der Waals surface area contributed by atoms with Crippen LogP contribution < -0.4 is 0 Å². The maximum absolute atomic E-state index is 9.24. The number of alkyl halides is 4. The van der Waals surface area contributed by atoms with E-state index in [1.54, 1.807) is 0 Å². The van der Waals surface area contributed by atoms with Crippen LogP contribution in [0.5, 0.6) is 0 Å². The topological polar surface area (TPSA) is 49.7 Å². The molecule has 0 rings (SSSR count). The van der Waals surface area contributed by atoms with Gasteiger partial charge in [0.15, 0.2) is 0 Å². The Balaban J connectivity index is 3.74. The first-order valence-corrected chi connectivity index (χ1v) is 6.80. The Bertz CT molecular complexity index is 198. The molecule has 104 valence electrons. The molecule has 0 aromatic carbocycles. The van der Waals surface area contributed by atoms with Crippen LogP contribution in [0, 0.1) is 0 Å². The maximum Gasteiger partial charge on any atom is 0.145 e. The summed E-state index contributed by atoms with van der Waals surface area (Å²) >= 11 is 23.3. The van der Waals surface area contributed by atoms with Crippen LogP contribution in [0.15, 0.2) is 0 Å². The summed E-state index contributed by atoms with van der Waals surface area (Å²) in [5.74, 6) is 0. The molecule has 0 bridgehead atoms. The Kier molecular flexibility index (Phi) is 8.05. The Hall–Kier alpha value is 1.04. The van der Waals surface area contributed by atoms with Gasteiger partial charge in [-0.15, -0.1) is 0 Å². The van der Waals surface area contributed by atoms with Gasteiger partial charge in [-0.3, -0.25) is 0 Å². The smallest absolute Gasteiger partial charge is 0.145 e. The average molecular weight is 328 g/mol. The number of hydrogen-bond acceptors (Lipinski definition) is 3. The van der Waals surface area contributed by atoms with Crippen molar-refractivity contribution in [2.75, 3.05) is 13.2 Å². The fourth-order valence-electron chi connectivity index (χ4n) is 0.936. The van der Waals surface area contributed by atoms with E-state index in [0.717, 1.165) is 0 Å². The predicted octanol–water partition coefficient (Wildman–Crippen LogP) is 2.89. The van der Waals surface area contributed by atoms with Crippen LogP contribution in [0.2, 0.25) is 0 Å². The van der Waals surface area contributed by atoms with E-state index in [1.165, 1.54) is 13.8 Å². The molecular weight excluding hydrogens is 310 g/mol. The fraction of sp³-hybridized carbons (Fsp3) is 1.00. The number of aliphatic hydroxyl groups excluding tert-OH is 2. The summed E-state index contributed by atoms with van der Waals surface area (Å²) in [7, 11) is 0. The van der Waals surface area contributed by atoms with Crippen LogP contribution in [0.1, 0.15) is 26.7 Å². The van der Waals surface area contributed by atoms with Gasteiger partial charge in [0.05, 0.1) is 12.2 Å². The molecule has 0 fully saturated rings. The van der Waals surface area contributed by atoms with Crippen LogP contribution in [0.25, 0.3) is 0 Å². The highest BCUT2D eigenvalue weighted by Gasteiger charge is 2.31. The number of aliphatic hydroxyl groups is 2. The number of hydrogen-bond donors (Lipinski definition) is 2. The lowest BCUT2D eigenvalue weighted by atomic mass is 10.2. The molecule has 0 spiro atoms. The third-order valence-corrected chi connectivity index (χ3v) is 4.40. The Morgan fingerprint density at radius 3 is 1.41 bits per heavy atom. The number of rotatable bonds is 8. The highest BCUT2D eigenvalue weighted by atomic mass is 35.5.